The first-order valence-electron chi connectivity index (χ1n) is 6.99. The van der Waals surface area contributed by atoms with Crippen LogP contribution in [0.3, 0.4) is 0 Å². The molecule has 3 heteroatoms. The Kier molecular flexibility index (Phi) is 4.61. The van der Waals surface area contributed by atoms with Crippen LogP contribution in [-0.2, 0) is 0 Å². The Hall–Kier alpha value is -1.77. The summed E-state index contributed by atoms with van der Waals surface area (Å²) in [5.74, 6) is 0.626. The molecule has 0 saturated heterocycles. The zero-order valence-corrected chi connectivity index (χ0v) is 11.4. The minimum atomic E-state index is 0.0310. The molecule has 0 saturated carbocycles. The van der Waals surface area contributed by atoms with Gasteiger partial charge in [-0.05, 0) is 50.3 Å². The van der Waals surface area contributed by atoms with Crippen molar-refractivity contribution in [2.75, 3.05) is 12.3 Å². The zero-order valence-electron chi connectivity index (χ0n) is 11.4. The summed E-state index contributed by atoms with van der Waals surface area (Å²) < 4.78 is 5.53. The van der Waals surface area contributed by atoms with Crippen LogP contribution in [0.15, 0.2) is 29.8 Å². The van der Waals surface area contributed by atoms with E-state index in [1.807, 2.05) is 19.1 Å². The summed E-state index contributed by atoms with van der Waals surface area (Å²) in [6.07, 6.45) is 7.33. The molecule has 2 rings (SSSR count). The minimum Gasteiger partial charge on any atom is -0.493 e. The van der Waals surface area contributed by atoms with Gasteiger partial charge in [-0.15, -0.1) is 0 Å². The Balaban J connectivity index is 2.34. The first-order chi connectivity index (χ1) is 9.24. The van der Waals surface area contributed by atoms with E-state index in [-0.39, 0.29) is 5.78 Å². The standard InChI is InChI=1S/C16H21NO2/c1-2-19-14-11-7-10-13(17)15(14)16(18)12-8-5-3-4-6-9-12/h7-8,10-11H,2-6,9,17H2,1H3. The number of carbonyl (C=O) groups excluding carboxylic acids is 1. The van der Waals surface area contributed by atoms with E-state index in [1.165, 1.54) is 12.8 Å². The molecule has 0 amide bonds. The van der Waals surface area contributed by atoms with Crippen molar-refractivity contribution >= 4 is 11.5 Å². The van der Waals surface area contributed by atoms with Gasteiger partial charge in [0.15, 0.2) is 5.78 Å². The van der Waals surface area contributed by atoms with Gasteiger partial charge in [-0.2, -0.15) is 0 Å². The third-order valence-corrected chi connectivity index (χ3v) is 3.42. The van der Waals surface area contributed by atoms with Crippen LogP contribution < -0.4 is 10.5 Å². The van der Waals surface area contributed by atoms with Crippen molar-refractivity contribution in [3.8, 4) is 5.75 Å². The van der Waals surface area contributed by atoms with E-state index in [0.717, 1.165) is 24.8 Å². The third-order valence-electron chi connectivity index (χ3n) is 3.42. The van der Waals surface area contributed by atoms with Gasteiger partial charge in [-0.1, -0.05) is 18.6 Å². The average molecular weight is 259 g/mol. The molecule has 1 aliphatic rings. The second-order valence-corrected chi connectivity index (χ2v) is 4.81. The number of hydrogen-bond acceptors (Lipinski definition) is 3. The Morgan fingerprint density at radius 2 is 2.16 bits per heavy atom. The Labute approximate surface area is 114 Å². The van der Waals surface area contributed by atoms with E-state index in [1.54, 1.807) is 6.07 Å². The molecule has 19 heavy (non-hydrogen) atoms. The van der Waals surface area contributed by atoms with E-state index in [4.69, 9.17) is 10.5 Å². The molecule has 0 atom stereocenters. The highest BCUT2D eigenvalue weighted by Crippen LogP contribution is 2.30. The Morgan fingerprint density at radius 3 is 2.95 bits per heavy atom. The molecule has 0 spiro atoms. The number of ketones is 1. The summed E-state index contributed by atoms with van der Waals surface area (Å²) in [6, 6.07) is 5.38. The molecule has 0 fully saturated rings. The van der Waals surface area contributed by atoms with E-state index in [9.17, 15) is 4.79 Å². The lowest BCUT2D eigenvalue weighted by atomic mass is 9.97. The number of nitrogen functional groups attached to an aromatic ring is 1. The predicted molar refractivity (Wildman–Crippen MR) is 77.5 cm³/mol. The number of rotatable bonds is 4. The number of anilines is 1. The first kappa shape index (κ1) is 13.7. The van der Waals surface area contributed by atoms with Crippen molar-refractivity contribution in [3.05, 3.63) is 35.4 Å². The normalized spacial score (nSPS) is 15.5. The number of ether oxygens (including phenoxy) is 1. The molecule has 3 nitrogen and oxygen atoms in total. The number of benzene rings is 1. The van der Waals surface area contributed by atoms with Crippen molar-refractivity contribution in [1.82, 2.24) is 0 Å². The number of hydrogen-bond donors (Lipinski definition) is 1. The van der Waals surface area contributed by atoms with E-state index in [2.05, 4.69) is 6.08 Å². The third kappa shape index (κ3) is 3.16. The molecule has 0 aliphatic heterocycles. The average Bonchev–Trinajstić information content (AvgIpc) is 2.67. The lowest BCUT2D eigenvalue weighted by molar-refractivity contribution is 0.102. The van der Waals surface area contributed by atoms with Crippen LogP contribution in [0.4, 0.5) is 5.69 Å². The Bertz CT molecular complexity index is 492. The van der Waals surface area contributed by atoms with Gasteiger partial charge in [-0.3, -0.25) is 4.79 Å². The zero-order chi connectivity index (χ0) is 13.7. The summed E-state index contributed by atoms with van der Waals surface area (Å²) in [5.41, 5.74) is 7.88. The predicted octanol–water partition coefficient (Wildman–Crippen LogP) is 3.74. The monoisotopic (exact) mass is 259 g/mol. The summed E-state index contributed by atoms with van der Waals surface area (Å²) in [7, 11) is 0. The molecule has 102 valence electrons. The van der Waals surface area contributed by atoms with Crippen molar-refractivity contribution < 1.29 is 9.53 Å². The summed E-state index contributed by atoms with van der Waals surface area (Å²) in [5, 5.41) is 0. The highest BCUT2D eigenvalue weighted by Gasteiger charge is 2.20. The molecule has 1 aromatic rings. The van der Waals surface area contributed by atoms with Gasteiger partial charge in [0.2, 0.25) is 0 Å². The molecule has 0 bridgehead atoms. The van der Waals surface area contributed by atoms with Crippen molar-refractivity contribution in [2.45, 2.75) is 39.0 Å². The molecule has 0 radical (unpaired) electrons. The van der Waals surface area contributed by atoms with Crippen LogP contribution in [0.2, 0.25) is 0 Å². The quantitative estimate of drug-likeness (QED) is 0.662. The second kappa shape index (κ2) is 6.41. The molecular weight excluding hydrogens is 238 g/mol. The maximum atomic E-state index is 12.6. The molecule has 2 N–H and O–H groups in total. The van der Waals surface area contributed by atoms with Crippen LogP contribution >= 0.6 is 0 Å². The van der Waals surface area contributed by atoms with Gasteiger partial charge in [0.25, 0.3) is 0 Å². The number of allylic oxidation sites excluding steroid dienone is 2. The van der Waals surface area contributed by atoms with Gasteiger partial charge in [0.05, 0.1) is 12.2 Å². The molecule has 1 aromatic carbocycles. The lowest BCUT2D eigenvalue weighted by Gasteiger charge is -2.13. The van der Waals surface area contributed by atoms with E-state index < -0.39 is 0 Å². The molecule has 0 aromatic heterocycles. The van der Waals surface area contributed by atoms with Crippen molar-refractivity contribution in [1.29, 1.82) is 0 Å². The van der Waals surface area contributed by atoms with Gasteiger partial charge < -0.3 is 10.5 Å². The summed E-state index contributed by atoms with van der Waals surface area (Å²) >= 11 is 0. The highest BCUT2D eigenvalue weighted by molar-refractivity contribution is 6.13. The highest BCUT2D eigenvalue weighted by atomic mass is 16.5. The van der Waals surface area contributed by atoms with Crippen molar-refractivity contribution in [3.63, 3.8) is 0 Å². The number of nitrogens with two attached hydrogens (primary N) is 1. The fourth-order valence-electron chi connectivity index (χ4n) is 2.45. The lowest BCUT2D eigenvalue weighted by Crippen LogP contribution is -2.10. The maximum Gasteiger partial charge on any atom is 0.194 e. The smallest absolute Gasteiger partial charge is 0.194 e. The van der Waals surface area contributed by atoms with Crippen LogP contribution in [0.25, 0.3) is 0 Å². The number of carbonyl (C=O) groups is 1. The summed E-state index contributed by atoms with van der Waals surface area (Å²) in [6.45, 7) is 2.44. The van der Waals surface area contributed by atoms with E-state index >= 15 is 0 Å². The first-order valence-corrected chi connectivity index (χ1v) is 6.99. The van der Waals surface area contributed by atoms with Crippen LogP contribution in [0, 0.1) is 0 Å². The molecular formula is C16H21NO2. The molecule has 1 aliphatic carbocycles. The largest absolute Gasteiger partial charge is 0.493 e. The van der Waals surface area contributed by atoms with Crippen molar-refractivity contribution in [2.24, 2.45) is 0 Å². The van der Waals surface area contributed by atoms with Crippen LogP contribution in [0.5, 0.6) is 5.75 Å². The Morgan fingerprint density at radius 1 is 1.32 bits per heavy atom. The minimum absolute atomic E-state index is 0.0310. The van der Waals surface area contributed by atoms with Crippen LogP contribution in [0.1, 0.15) is 49.4 Å². The number of Topliss-reactive ketones (excluding diaryl/α,β-unsaturated/α-hetero) is 1. The van der Waals surface area contributed by atoms with Gasteiger partial charge in [0.1, 0.15) is 5.75 Å². The van der Waals surface area contributed by atoms with Gasteiger partial charge in [0, 0.05) is 5.69 Å². The fourth-order valence-corrected chi connectivity index (χ4v) is 2.45. The topological polar surface area (TPSA) is 52.3 Å². The SMILES string of the molecule is CCOc1cccc(N)c1C(=O)C1=CCCCCC1. The molecule has 0 heterocycles. The van der Waals surface area contributed by atoms with Gasteiger partial charge >= 0.3 is 0 Å². The van der Waals surface area contributed by atoms with Gasteiger partial charge in [-0.25, -0.2) is 0 Å². The molecule has 0 unspecified atom stereocenters. The van der Waals surface area contributed by atoms with Crippen LogP contribution in [-0.4, -0.2) is 12.4 Å². The fraction of sp³-hybridized carbons (Fsp3) is 0.438. The second-order valence-electron chi connectivity index (χ2n) is 4.81. The maximum absolute atomic E-state index is 12.6. The summed E-state index contributed by atoms with van der Waals surface area (Å²) in [4.78, 5) is 12.6. The van der Waals surface area contributed by atoms with E-state index in [0.29, 0.717) is 23.6 Å².